The first-order chi connectivity index (χ1) is 11.0. The van der Waals surface area contributed by atoms with Gasteiger partial charge in [-0.25, -0.2) is 0 Å². The number of hydrogen-bond donors (Lipinski definition) is 0. The summed E-state index contributed by atoms with van der Waals surface area (Å²) >= 11 is 6.24. The number of non-ortho nitro benzene ring substituents is 1. The quantitative estimate of drug-likeness (QED) is 0.401. The highest BCUT2D eigenvalue weighted by Crippen LogP contribution is 2.31. The van der Waals surface area contributed by atoms with Crippen molar-refractivity contribution in [3.05, 3.63) is 33.3 Å². The number of halogens is 1. The van der Waals surface area contributed by atoms with Crippen LogP contribution < -0.4 is 4.90 Å². The summed E-state index contributed by atoms with van der Waals surface area (Å²) < 4.78 is 0. The van der Waals surface area contributed by atoms with Crippen molar-refractivity contribution in [3.8, 4) is 0 Å². The van der Waals surface area contributed by atoms with E-state index in [1.165, 1.54) is 44.4 Å². The zero-order chi connectivity index (χ0) is 16.8. The summed E-state index contributed by atoms with van der Waals surface area (Å²) in [6, 6.07) is 5.13. The van der Waals surface area contributed by atoms with Gasteiger partial charge in [-0.05, 0) is 25.5 Å². The topological polar surface area (TPSA) is 49.6 Å². The van der Waals surface area contributed by atoms with Crippen LogP contribution in [0.5, 0.6) is 0 Å². The zero-order valence-electron chi connectivity index (χ0n) is 14.0. The summed E-state index contributed by atoms with van der Waals surface area (Å²) in [5, 5.41) is 11.3. The Labute approximate surface area is 143 Å². The second-order valence-electron chi connectivity index (χ2n) is 6.31. The van der Waals surface area contributed by atoms with Crippen molar-refractivity contribution in [2.45, 2.75) is 45.1 Å². The molecule has 1 unspecified atom stereocenters. The number of likely N-dealkylation sites (tertiary alicyclic amines) is 1. The standard InChI is InChI=1S/C17H26ClN3O2/c1-3-4-5-6-10-20-11-9-15(13-20)19(2)17-8-7-14(21(22)23)12-16(17)18/h7-8,12,15H,3-6,9-11,13H2,1-2H3. The van der Waals surface area contributed by atoms with E-state index in [1.54, 1.807) is 6.07 Å². The highest BCUT2D eigenvalue weighted by molar-refractivity contribution is 6.33. The summed E-state index contributed by atoms with van der Waals surface area (Å²) in [5.41, 5.74) is 0.909. The largest absolute Gasteiger partial charge is 0.369 e. The lowest BCUT2D eigenvalue weighted by Crippen LogP contribution is -2.35. The molecule has 6 heteroatoms. The Balaban J connectivity index is 1.91. The molecule has 0 amide bonds. The highest BCUT2D eigenvalue weighted by atomic mass is 35.5. The van der Waals surface area contributed by atoms with Crippen molar-refractivity contribution < 1.29 is 4.92 Å². The first kappa shape index (κ1) is 18.0. The number of rotatable bonds is 8. The maximum Gasteiger partial charge on any atom is 0.271 e. The van der Waals surface area contributed by atoms with E-state index in [2.05, 4.69) is 16.7 Å². The molecule has 1 heterocycles. The monoisotopic (exact) mass is 339 g/mol. The van der Waals surface area contributed by atoms with Gasteiger partial charge in [-0.1, -0.05) is 37.8 Å². The third-order valence-corrected chi connectivity index (χ3v) is 4.95. The Hall–Kier alpha value is -1.33. The molecular formula is C17H26ClN3O2. The fourth-order valence-electron chi connectivity index (χ4n) is 3.19. The SMILES string of the molecule is CCCCCCN1CCC(N(C)c2ccc([N+](=O)[O-])cc2Cl)C1. The minimum atomic E-state index is -0.413. The van der Waals surface area contributed by atoms with E-state index in [4.69, 9.17) is 11.6 Å². The van der Waals surface area contributed by atoms with Crippen LogP contribution in [0.1, 0.15) is 39.0 Å². The number of likely N-dealkylation sites (N-methyl/N-ethyl adjacent to an activating group) is 1. The van der Waals surface area contributed by atoms with Crippen LogP contribution in [0.15, 0.2) is 18.2 Å². The van der Waals surface area contributed by atoms with Crippen LogP contribution in [0.25, 0.3) is 0 Å². The van der Waals surface area contributed by atoms with Crippen molar-refractivity contribution in [2.24, 2.45) is 0 Å². The van der Waals surface area contributed by atoms with Crippen molar-refractivity contribution in [1.29, 1.82) is 0 Å². The summed E-state index contributed by atoms with van der Waals surface area (Å²) in [6.45, 7) is 5.55. The predicted octanol–water partition coefficient (Wildman–Crippen LogP) is 4.34. The lowest BCUT2D eigenvalue weighted by molar-refractivity contribution is -0.384. The summed E-state index contributed by atoms with van der Waals surface area (Å²) in [4.78, 5) is 15.1. The van der Waals surface area contributed by atoms with Crippen LogP contribution in [0, 0.1) is 10.1 Å². The Morgan fingerprint density at radius 1 is 1.39 bits per heavy atom. The predicted molar refractivity (Wildman–Crippen MR) is 95.5 cm³/mol. The first-order valence-corrected chi connectivity index (χ1v) is 8.80. The highest BCUT2D eigenvalue weighted by Gasteiger charge is 2.26. The maximum absolute atomic E-state index is 10.8. The van der Waals surface area contributed by atoms with E-state index in [-0.39, 0.29) is 5.69 Å². The zero-order valence-corrected chi connectivity index (χ0v) is 14.8. The lowest BCUT2D eigenvalue weighted by Gasteiger charge is -2.27. The molecule has 5 nitrogen and oxygen atoms in total. The Kier molecular flexibility index (Phi) is 6.66. The van der Waals surface area contributed by atoms with Gasteiger partial charge in [0.05, 0.1) is 15.6 Å². The lowest BCUT2D eigenvalue weighted by atomic mass is 10.2. The van der Waals surface area contributed by atoms with Crippen molar-refractivity contribution >= 4 is 23.0 Å². The number of benzene rings is 1. The molecule has 0 saturated carbocycles. The molecule has 0 bridgehead atoms. The van der Waals surface area contributed by atoms with Crippen LogP contribution in [0.3, 0.4) is 0 Å². The normalized spacial score (nSPS) is 18.3. The van der Waals surface area contributed by atoms with Crippen LogP contribution in [0.2, 0.25) is 5.02 Å². The average Bonchev–Trinajstić information content (AvgIpc) is 2.99. The molecule has 1 fully saturated rings. The fraction of sp³-hybridized carbons (Fsp3) is 0.647. The van der Waals surface area contributed by atoms with E-state index in [9.17, 15) is 10.1 Å². The molecule has 1 atom stereocenters. The molecule has 1 aliphatic rings. The van der Waals surface area contributed by atoms with E-state index >= 15 is 0 Å². The van der Waals surface area contributed by atoms with Gasteiger partial charge < -0.3 is 9.80 Å². The van der Waals surface area contributed by atoms with Gasteiger partial charge in [0.15, 0.2) is 0 Å². The molecule has 0 N–H and O–H groups in total. The van der Waals surface area contributed by atoms with E-state index in [0.717, 1.165) is 25.2 Å². The number of nitro groups is 1. The van der Waals surface area contributed by atoms with E-state index < -0.39 is 4.92 Å². The molecule has 0 radical (unpaired) electrons. The van der Waals surface area contributed by atoms with Gasteiger partial charge in [-0.3, -0.25) is 10.1 Å². The number of nitrogens with zero attached hydrogens (tertiary/aromatic N) is 3. The summed E-state index contributed by atoms with van der Waals surface area (Å²) in [6.07, 6.45) is 6.27. The fourth-order valence-corrected chi connectivity index (χ4v) is 3.49. The third kappa shape index (κ3) is 4.82. The average molecular weight is 340 g/mol. The smallest absolute Gasteiger partial charge is 0.271 e. The molecular weight excluding hydrogens is 314 g/mol. The van der Waals surface area contributed by atoms with Crippen LogP contribution in [-0.4, -0.2) is 42.5 Å². The van der Waals surface area contributed by atoms with Gasteiger partial charge >= 0.3 is 0 Å². The molecule has 2 rings (SSSR count). The summed E-state index contributed by atoms with van der Waals surface area (Å²) in [5.74, 6) is 0. The Morgan fingerprint density at radius 2 is 2.17 bits per heavy atom. The summed E-state index contributed by atoms with van der Waals surface area (Å²) in [7, 11) is 2.03. The van der Waals surface area contributed by atoms with Gasteiger partial charge in [0.2, 0.25) is 0 Å². The van der Waals surface area contributed by atoms with Gasteiger partial charge in [-0.2, -0.15) is 0 Å². The number of nitro benzene ring substituents is 1. The molecule has 0 aromatic heterocycles. The molecule has 1 aromatic rings. The molecule has 1 aliphatic heterocycles. The number of hydrogen-bond acceptors (Lipinski definition) is 4. The van der Waals surface area contributed by atoms with E-state index in [1.807, 2.05) is 7.05 Å². The second kappa shape index (κ2) is 8.50. The second-order valence-corrected chi connectivity index (χ2v) is 6.71. The molecule has 128 valence electrons. The van der Waals surface area contributed by atoms with Crippen molar-refractivity contribution in [2.75, 3.05) is 31.6 Å². The molecule has 1 aromatic carbocycles. The molecule has 1 saturated heterocycles. The molecule has 0 aliphatic carbocycles. The molecule has 23 heavy (non-hydrogen) atoms. The van der Waals surface area contributed by atoms with Gasteiger partial charge in [0, 0.05) is 38.3 Å². The first-order valence-electron chi connectivity index (χ1n) is 8.42. The van der Waals surface area contributed by atoms with Gasteiger partial charge in [0.1, 0.15) is 0 Å². The maximum atomic E-state index is 10.8. The third-order valence-electron chi connectivity index (χ3n) is 4.65. The van der Waals surface area contributed by atoms with Gasteiger partial charge in [-0.15, -0.1) is 0 Å². The van der Waals surface area contributed by atoms with Crippen molar-refractivity contribution in [3.63, 3.8) is 0 Å². The minimum Gasteiger partial charge on any atom is -0.369 e. The number of anilines is 1. The van der Waals surface area contributed by atoms with Crippen LogP contribution in [-0.2, 0) is 0 Å². The van der Waals surface area contributed by atoms with E-state index in [0.29, 0.717) is 11.1 Å². The van der Waals surface area contributed by atoms with Crippen molar-refractivity contribution in [1.82, 2.24) is 4.90 Å². The van der Waals surface area contributed by atoms with Crippen LogP contribution >= 0.6 is 11.6 Å². The van der Waals surface area contributed by atoms with Gasteiger partial charge in [0.25, 0.3) is 5.69 Å². The molecule has 0 spiro atoms. The Bertz CT molecular complexity index is 539. The number of unbranched alkanes of at least 4 members (excludes halogenated alkanes) is 3. The minimum absolute atomic E-state index is 0.0381. The Morgan fingerprint density at radius 3 is 2.83 bits per heavy atom. The van der Waals surface area contributed by atoms with Crippen LogP contribution in [0.4, 0.5) is 11.4 Å².